The largest absolute Gasteiger partial charge is 0.369 e. The fourth-order valence-electron chi connectivity index (χ4n) is 2.44. The van der Waals surface area contributed by atoms with Gasteiger partial charge >= 0.3 is 0 Å². The topological polar surface area (TPSA) is 78.0 Å². The molecule has 0 aliphatic rings. The minimum atomic E-state index is -0.450. The van der Waals surface area contributed by atoms with Crippen LogP contribution >= 0.6 is 11.8 Å². The summed E-state index contributed by atoms with van der Waals surface area (Å²) in [6.07, 6.45) is 0. The van der Waals surface area contributed by atoms with Gasteiger partial charge in [0.1, 0.15) is 0 Å². The van der Waals surface area contributed by atoms with Crippen LogP contribution in [-0.4, -0.2) is 21.2 Å². The molecule has 2 aromatic carbocycles. The SMILES string of the molecule is Cc1ccc(-n2c(SCC(N)=O)nc3ccccc3c2=O)cc1C. The highest BCUT2D eigenvalue weighted by atomic mass is 32.2. The first kappa shape index (κ1) is 16.3. The third-order valence-corrected chi connectivity index (χ3v) is 4.80. The molecule has 1 aromatic heterocycles. The van der Waals surface area contributed by atoms with Gasteiger partial charge in [-0.25, -0.2) is 4.98 Å². The Morgan fingerprint density at radius 3 is 2.62 bits per heavy atom. The molecule has 1 amide bonds. The Hall–Kier alpha value is -2.60. The van der Waals surface area contributed by atoms with Crippen molar-refractivity contribution in [2.45, 2.75) is 19.0 Å². The number of carbonyl (C=O) groups excluding carboxylic acids is 1. The van der Waals surface area contributed by atoms with E-state index < -0.39 is 5.91 Å². The van der Waals surface area contributed by atoms with E-state index in [2.05, 4.69) is 4.98 Å². The smallest absolute Gasteiger partial charge is 0.266 e. The van der Waals surface area contributed by atoms with Gasteiger partial charge in [0.05, 0.1) is 22.3 Å². The number of para-hydroxylation sites is 1. The van der Waals surface area contributed by atoms with Gasteiger partial charge in [0.25, 0.3) is 5.56 Å². The summed E-state index contributed by atoms with van der Waals surface area (Å²) < 4.78 is 1.54. The van der Waals surface area contributed by atoms with E-state index in [0.717, 1.165) is 16.8 Å². The fraction of sp³-hybridized carbons (Fsp3) is 0.167. The molecule has 0 fully saturated rings. The van der Waals surface area contributed by atoms with Crippen LogP contribution in [0, 0.1) is 13.8 Å². The van der Waals surface area contributed by atoms with Gasteiger partial charge in [-0.15, -0.1) is 0 Å². The molecular weight excluding hydrogens is 322 g/mol. The maximum absolute atomic E-state index is 13.0. The second-order valence-electron chi connectivity index (χ2n) is 5.58. The monoisotopic (exact) mass is 339 g/mol. The van der Waals surface area contributed by atoms with Crippen LogP contribution in [0.4, 0.5) is 0 Å². The minimum absolute atomic E-state index is 0.0651. The average Bonchev–Trinajstić information content (AvgIpc) is 2.56. The number of carbonyl (C=O) groups is 1. The van der Waals surface area contributed by atoms with Crippen LogP contribution in [0.15, 0.2) is 52.4 Å². The predicted octanol–water partition coefficient (Wildman–Crippen LogP) is 2.58. The molecule has 122 valence electrons. The number of primary amides is 1. The highest BCUT2D eigenvalue weighted by Gasteiger charge is 2.14. The summed E-state index contributed by atoms with van der Waals surface area (Å²) in [5, 5.41) is 1.000. The Morgan fingerprint density at radius 2 is 1.92 bits per heavy atom. The lowest BCUT2D eigenvalue weighted by atomic mass is 10.1. The lowest BCUT2D eigenvalue weighted by Crippen LogP contribution is -2.23. The van der Waals surface area contributed by atoms with Crippen LogP contribution < -0.4 is 11.3 Å². The summed E-state index contributed by atoms with van der Waals surface area (Å²) in [5.41, 5.74) is 8.66. The molecule has 0 unspecified atom stereocenters. The number of aryl methyl sites for hydroxylation is 2. The second kappa shape index (κ2) is 6.49. The van der Waals surface area contributed by atoms with E-state index in [-0.39, 0.29) is 11.3 Å². The first-order chi connectivity index (χ1) is 11.5. The van der Waals surface area contributed by atoms with Crippen LogP contribution in [0.5, 0.6) is 0 Å². The van der Waals surface area contributed by atoms with Crippen molar-refractivity contribution in [3.8, 4) is 5.69 Å². The molecule has 0 saturated carbocycles. The van der Waals surface area contributed by atoms with Crippen LogP contribution in [-0.2, 0) is 4.79 Å². The lowest BCUT2D eigenvalue weighted by Gasteiger charge is -2.14. The number of fused-ring (bicyclic) bond motifs is 1. The van der Waals surface area contributed by atoms with Crippen LogP contribution in [0.25, 0.3) is 16.6 Å². The number of rotatable bonds is 4. The zero-order valence-electron chi connectivity index (χ0n) is 13.4. The molecule has 0 aliphatic carbocycles. The van der Waals surface area contributed by atoms with Gasteiger partial charge in [-0.1, -0.05) is 30.0 Å². The summed E-state index contributed by atoms with van der Waals surface area (Å²) in [5.74, 6) is -0.385. The number of nitrogens with two attached hydrogens (primary N) is 1. The summed E-state index contributed by atoms with van der Waals surface area (Å²) in [7, 11) is 0. The Labute approximate surface area is 143 Å². The highest BCUT2D eigenvalue weighted by Crippen LogP contribution is 2.22. The van der Waals surface area contributed by atoms with Gasteiger partial charge in [-0.3, -0.25) is 14.2 Å². The molecule has 24 heavy (non-hydrogen) atoms. The van der Waals surface area contributed by atoms with Gasteiger partial charge in [-0.2, -0.15) is 0 Å². The van der Waals surface area contributed by atoms with E-state index in [1.165, 1.54) is 11.8 Å². The normalized spacial score (nSPS) is 10.9. The zero-order valence-corrected chi connectivity index (χ0v) is 14.3. The molecule has 0 radical (unpaired) electrons. The van der Waals surface area contributed by atoms with Crippen molar-refractivity contribution < 1.29 is 4.79 Å². The number of amides is 1. The molecule has 2 N–H and O–H groups in total. The quantitative estimate of drug-likeness (QED) is 0.585. The number of hydrogen-bond donors (Lipinski definition) is 1. The van der Waals surface area contributed by atoms with Crippen molar-refractivity contribution in [1.29, 1.82) is 0 Å². The fourth-order valence-corrected chi connectivity index (χ4v) is 3.19. The van der Waals surface area contributed by atoms with E-state index in [4.69, 9.17) is 5.73 Å². The number of hydrogen-bond acceptors (Lipinski definition) is 4. The summed E-state index contributed by atoms with van der Waals surface area (Å²) >= 11 is 1.17. The van der Waals surface area contributed by atoms with E-state index in [0.29, 0.717) is 16.1 Å². The van der Waals surface area contributed by atoms with Crippen LogP contribution in [0.3, 0.4) is 0 Å². The molecule has 6 heteroatoms. The van der Waals surface area contributed by atoms with Crippen LogP contribution in [0.2, 0.25) is 0 Å². The molecule has 0 spiro atoms. The van der Waals surface area contributed by atoms with Crippen molar-refractivity contribution in [1.82, 2.24) is 9.55 Å². The molecule has 0 atom stereocenters. The maximum atomic E-state index is 13.0. The predicted molar refractivity (Wildman–Crippen MR) is 96.7 cm³/mol. The number of benzene rings is 2. The Balaban J connectivity index is 2.27. The second-order valence-corrected chi connectivity index (χ2v) is 6.52. The molecule has 0 bridgehead atoms. The van der Waals surface area contributed by atoms with E-state index in [1.54, 1.807) is 16.7 Å². The van der Waals surface area contributed by atoms with Gasteiger partial charge in [0, 0.05) is 0 Å². The van der Waals surface area contributed by atoms with Gasteiger partial charge in [-0.05, 0) is 49.2 Å². The molecule has 1 heterocycles. The molecule has 0 aliphatic heterocycles. The molecular formula is C18H17N3O2S. The molecule has 3 aromatic rings. The first-order valence-corrected chi connectivity index (χ1v) is 8.46. The Morgan fingerprint density at radius 1 is 1.17 bits per heavy atom. The standard InChI is InChI=1S/C18H17N3O2S/c1-11-7-8-13(9-12(11)2)21-17(23)14-5-3-4-6-15(14)20-18(21)24-10-16(19)22/h3-9H,10H2,1-2H3,(H2,19,22). The van der Waals surface area contributed by atoms with Crippen molar-refractivity contribution in [2.75, 3.05) is 5.75 Å². The Bertz CT molecular complexity index is 995. The minimum Gasteiger partial charge on any atom is -0.369 e. The first-order valence-electron chi connectivity index (χ1n) is 7.48. The highest BCUT2D eigenvalue weighted by molar-refractivity contribution is 7.99. The van der Waals surface area contributed by atoms with E-state index in [9.17, 15) is 9.59 Å². The van der Waals surface area contributed by atoms with Crippen molar-refractivity contribution in [2.24, 2.45) is 5.73 Å². The third-order valence-electron chi connectivity index (χ3n) is 3.84. The number of thioether (sulfide) groups is 1. The lowest BCUT2D eigenvalue weighted by molar-refractivity contribution is -0.115. The van der Waals surface area contributed by atoms with Crippen molar-refractivity contribution in [3.05, 3.63) is 63.9 Å². The van der Waals surface area contributed by atoms with Crippen molar-refractivity contribution in [3.63, 3.8) is 0 Å². The van der Waals surface area contributed by atoms with Gasteiger partial charge < -0.3 is 5.73 Å². The third kappa shape index (κ3) is 3.05. The summed E-state index contributed by atoms with van der Waals surface area (Å²) in [4.78, 5) is 28.7. The molecule has 0 saturated heterocycles. The Kier molecular flexibility index (Phi) is 4.40. The molecule has 3 rings (SSSR count). The molecule has 5 nitrogen and oxygen atoms in total. The summed E-state index contributed by atoms with van der Waals surface area (Å²) in [6.45, 7) is 4.01. The van der Waals surface area contributed by atoms with Crippen molar-refractivity contribution >= 4 is 28.6 Å². The summed E-state index contributed by atoms with van der Waals surface area (Å²) in [6, 6.07) is 13.0. The van der Waals surface area contributed by atoms with Gasteiger partial charge in [0.2, 0.25) is 5.91 Å². The van der Waals surface area contributed by atoms with E-state index >= 15 is 0 Å². The number of nitrogens with zero attached hydrogens (tertiary/aromatic N) is 2. The number of aromatic nitrogens is 2. The van der Waals surface area contributed by atoms with E-state index in [1.807, 2.05) is 44.2 Å². The average molecular weight is 339 g/mol. The maximum Gasteiger partial charge on any atom is 0.266 e. The zero-order chi connectivity index (χ0) is 17.3. The van der Waals surface area contributed by atoms with Crippen LogP contribution in [0.1, 0.15) is 11.1 Å². The van der Waals surface area contributed by atoms with Gasteiger partial charge in [0.15, 0.2) is 5.16 Å².